The van der Waals surface area contributed by atoms with Crippen LogP contribution in [0, 0.1) is 6.92 Å². The van der Waals surface area contributed by atoms with Crippen LogP contribution in [0.3, 0.4) is 0 Å². The van der Waals surface area contributed by atoms with Crippen LogP contribution < -0.4 is 0 Å². The normalized spacial score (nSPS) is 28.7. The Kier molecular flexibility index (Phi) is 3.31. The van der Waals surface area contributed by atoms with Crippen molar-refractivity contribution in [2.75, 3.05) is 7.05 Å². The van der Waals surface area contributed by atoms with Gasteiger partial charge in [0.2, 0.25) is 5.72 Å². The van der Waals surface area contributed by atoms with Gasteiger partial charge in [0.25, 0.3) is 0 Å². The minimum Gasteiger partial charge on any atom is -0.508 e. The molecule has 3 aliphatic rings. The fourth-order valence-electron chi connectivity index (χ4n) is 4.73. The van der Waals surface area contributed by atoms with Gasteiger partial charge in [0.15, 0.2) is 6.23 Å². The summed E-state index contributed by atoms with van der Waals surface area (Å²) >= 11 is 1.59. The van der Waals surface area contributed by atoms with Gasteiger partial charge in [-0.2, -0.15) is 11.3 Å². The van der Waals surface area contributed by atoms with Crippen molar-refractivity contribution in [2.24, 2.45) is 0 Å². The average Bonchev–Trinajstić information content (AvgIpc) is 3.27. The smallest absolute Gasteiger partial charge is 0.419 e. The Labute approximate surface area is 160 Å². The second-order valence-corrected chi connectivity index (χ2v) is 8.38. The second-order valence-electron chi connectivity index (χ2n) is 7.60. The summed E-state index contributed by atoms with van der Waals surface area (Å²) in [5.74, 6) is -1.81. The van der Waals surface area contributed by atoms with E-state index in [4.69, 9.17) is 9.47 Å². The summed E-state index contributed by atoms with van der Waals surface area (Å²) in [4.78, 5) is 26.6. The van der Waals surface area contributed by atoms with Gasteiger partial charge in [0, 0.05) is 12.0 Å². The summed E-state index contributed by atoms with van der Waals surface area (Å²) in [6.45, 7) is 1.83. The molecule has 3 heterocycles. The number of aromatic hydroxyl groups is 1. The molecular formula is C20H19NO5S. The average molecular weight is 385 g/mol. The predicted molar refractivity (Wildman–Crippen MR) is 97.2 cm³/mol. The van der Waals surface area contributed by atoms with E-state index < -0.39 is 29.3 Å². The molecular weight excluding hydrogens is 366 g/mol. The Morgan fingerprint density at radius 3 is 2.70 bits per heavy atom. The predicted octanol–water partition coefficient (Wildman–Crippen LogP) is 2.56. The number of benzene rings is 1. The van der Waals surface area contributed by atoms with Gasteiger partial charge in [-0.1, -0.05) is 6.07 Å². The third-order valence-electron chi connectivity index (χ3n) is 6.23. The van der Waals surface area contributed by atoms with Crippen molar-refractivity contribution in [3.63, 3.8) is 0 Å². The lowest BCUT2D eigenvalue weighted by Crippen LogP contribution is -2.60. The molecule has 2 unspecified atom stereocenters. The van der Waals surface area contributed by atoms with E-state index in [0.29, 0.717) is 6.42 Å². The van der Waals surface area contributed by atoms with Gasteiger partial charge >= 0.3 is 11.9 Å². The number of thiophene rings is 1. The zero-order chi connectivity index (χ0) is 19.0. The lowest BCUT2D eigenvalue weighted by Gasteiger charge is -2.50. The lowest BCUT2D eigenvalue weighted by molar-refractivity contribution is -0.208. The molecule has 27 heavy (non-hydrogen) atoms. The summed E-state index contributed by atoms with van der Waals surface area (Å²) in [7, 11) is 1.82. The molecule has 1 aromatic carbocycles. The van der Waals surface area contributed by atoms with Crippen LogP contribution in [0.5, 0.6) is 5.75 Å². The number of fused-ring (bicyclic) bond motifs is 4. The first-order valence-electron chi connectivity index (χ1n) is 8.91. The van der Waals surface area contributed by atoms with Gasteiger partial charge in [-0.25, -0.2) is 14.5 Å². The molecule has 7 heteroatoms. The molecule has 2 aromatic rings. The van der Waals surface area contributed by atoms with Gasteiger partial charge < -0.3 is 14.6 Å². The first-order chi connectivity index (χ1) is 12.9. The zero-order valence-electron chi connectivity index (χ0n) is 15.0. The number of nitrogens with zero attached hydrogens (tertiary/aromatic N) is 1. The molecule has 1 aromatic heterocycles. The molecule has 0 spiro atoms. The number of phenolic OH excluding ortho intramolecular Hbond substituents is 1. The van der Waals surface area contributed by atoms with E-state index in [1.807, 2.05) is 36.4 Å². The van der Waals surface area contributed by atoms with Crippen LogP contribution in [0.4, 0.5) is 0 Å². The highest BCUT2D eigenvalue weighted by molar-refractivity contribution is 7.08. The Hall–Kier alpha value is -2.38. The van der Waals surface area contributed by atoms with Crippen molar-refractivity contribution in [1.82, 2.24) is 4.90 Å². The minimum atomic E-state index is -1.19. The van der Waals surface area contributed by atoms with Crippen molar-refractivity contribution in [1.29, 1.82) is 0 Å². The van der Waals surface area contributed by atoms with Crippen molar-refractivity contribution < 1.29 is 24.2 Å². The van der Waals surface area contributed by atoms with E-state index in [9.17, 15) is 14.7 Å². The van der Waals surface area contributed by atoms with E-state index >= 15 is 0 Å². The monoisotopic (exact) mass is 385 g/mol. The third kappa shape index (κ3) is 2.04. The first-order valence-corrected chi connectivity index (χ1v) is 9.86. The standard InChI is InChI=1S/C20H19NO5S/c1-11-7-12-8-16-21(2)20(14(12)9-15(11)22,26-18(24)17(23)25-16)19(4-5-19)13-3-6-27-10-13/h3,6-7,9-10,16,22H,4-5,8H2,1-2H3. The number of ether oxygens (including phenoxy) is 2. The van der Waals surface area contributed by atoms with Crippen LogP contribution in [0.25, 0.3) is 0 Å². The molecule has 0 radical (unpaired) electrons. The quantitative estimate of drug-likeness (QED) is 0.633. The van der Waals surface area contributed by atoms with Crippen LogP contribution in [-0.4, -0.2) is 35.2 Å². The Balaban J connectivity index is 1.83. The molecule has 140 valence electrons. The molecule has 1 saturated heterocycles. The van der Waals surface area contributed by atoms with Crippen LogP contribution >= 0.6 is 11.3 Å². The highest BCUT2D eigenvalue weighted by Crippen LogP contribution is 2.65. The van der Waals surface area contributed by atoms with Gasteiger partial charge in [0.1, 0.15) is 5.75 Å². The van der Waals surface area contributed by atoms with Crippen molar-refractivity contribution in [3.8, 4) is 5.75 Å². The van der Waals surface area contributed by atoms with E-state index in [-0.39, 0.29) is 5.75 Å². The maximum Gasteiger partial charge on any atom is 0.419 e. The largest absolute Gasteiger partial charge is 0.508 e. The fourth-order valence-corrected chi connectivity index (χ4v) is 5.49. The Bertz CT molecular complexity index is 965. The molecule has 2 fully saturated rings. The number of hydrogen-bond acceptors (Lipinski definition) is 7. The maximum atomic E-state index is 12.5. The zero-order valence-corrected chi connectivity index (χ0v) is 15.8. The molecule has 1 N–H and O–H groups in total. The molecule has 2 aliphatic heterocycles. The number of carbonyl (C=O) groups excluding carboxylic acids is 2. The van der Waals surface area contributed by atoms with Gasteiger partial charge in [-0.3, -0.25) is 0 Å². The highest BCUT2D eigenvalue weighted by atomic mass is 32.1. The summed E-state index contributed by atoms with van der Waals surface area (Å²) in [6.07, 6.45) is 1.47. The topological polar surface area (TPSA) is 76.1 Å². The van der Waals surface area contributed by atoms with Gasteiger partial charge in [-0.05, 0) is 66.4 Å². The molecule has 2 bridgehead atoms. The van der Waals surface area contributed by atoms with E-state index in [1.165, 1.54) is 0 Å². The van der Waals surface area contributed by atoms with Gasteiger partial charge in [-0.15, -0.1) is 0 Å². The Morgan fingerprint density at radius 1 is 1.26 bits per heavy atom. The summed E-state index contributed by atoms with van der Waals surface area (Å²) in [5, 5.41) is 14.5. The van der Waals surface area contributed by atoms with Crippen molar-refractivity contribution >= 4 is 23.3 Å². The second kappa shape index (κ2) is 5.33. The summed E-state index contributed by atoms with van der Waals surface area (Å²) in [5.41, 5.74) is 1.81. The highest BCUT2D eigenvalue weighted by Gasteiger charge is 2.70. The number of likely N-dealkylation sites (N-methyl/N-ethyl adjacent to an activating group) is 1. The van der Waals surface area contributed by atoms with Gasteiger partial charge in [0.05, 0.1) is 5.41 Å². The number of aryl methyl sites for hydroxylation is 1. The number of esters is 2. The number of phenols is 1. The maximum absolute atomic E-state index is 12.5. The van der Waals surface area contributed by atoms with Crippen LogP contribution in [0.2, 0.25) is 0 Å². The molecule has 5 rings (SSSR count). The third-order valence-corrected chi connectivity index (χ3v) is 6.92. The first kappa shape index (κ1) is 16.8. The lowest BCUT2D eigenvalue weighted by atomic mass is 9.75. The molecule has 1 aliphatic carbocycles. The molecule has 6 nitrogen and oxygen atoms in total. The van der Waals surface area contributed by atoms with E-state index in [0.717, 1.165) is 35.1 Å². The SMILES string of the molecule is Cc1cc2c(cc1O)C1(C3(c4ccsc4)CC3)OC(=O)C(=O)OC(C2)N1C. The fraction of sp³-hybridized carbons (Fsp3) is 0.400. The molecule has 1 saturated carbocycles. The van der Waals surface area contributed by atoms with Crippen LogP contribution in [0.15, 0.2) is 29.0 Å². The number of rotatable bonds is 2. The van der Waals surface area contributed by atoms with Crippen LogP contribution in [0.1, 0.15) is 35.1 Å². The number of hydrogen-bond donors (Lipinski definition) is 1. The minimum absolute atomic E-state index is 0.147. The summed E-state index contributed by atoms with van der Waals surface area (Å²) in [6, 6.07) is 5.63. The number of carbonyl (C=O) groups is 2. The van der Waals surface area contributed by atoms with E-state index in [2.05, 4.69) is 5.38 Å². The van der Waals surface area contributed by atoms with Crippen LogP contribution in [-0.2, 0) is 36.6 Å². The van der Waals surface area contributed by atoms with E-state index in [1.54, 1.807) is 17.4 Å². The van der Waals surface area contributed by atoms with Crippen molar-refractivity contribution in [3.05, 3.63) is 51.2 Å². The Morgan fingerprint density at radius 2 is 2.04 bits per heavy atom. The molecule has 0 amide bonds. The molecule has 2 atom stereocenters. The van der Waals surface area contributed by atoms with Crippen molar-refractivity contribution in [2.45, 2.75) is 43.6 Å². The summed E-state index contributed by atoms with van der Waals surface area (Å²) < 4.78 is 11.4.